The molecule has 2 aromatic heterocycles. The van der Waals surface area contributed by atoms with Gasteiger partial charge < -0.3 is 5.73 Å². The van der Waals surface area contributed by atoms with E-state index in [-0.39, 0.29) is 0 Å². The predicted molar refractivity (Wildman–Crippen MR) is 61.1 cm³/mol. The van der Waals surface area contributed by atoms with E-state index in [0.29, 0.717) is 11.9 Å². The number of rotatable bonds is 1. The van der Waals surface area contributed by atoms with Crippen molar-refractivity contribution in [1.29, 1.82) is 0 Å². The Morgan fingerprint density at radius 1 is 1.33 bits per heavy atom. The van der Waals surface area contributed by atoms with Crippen LogP contribution in [0.5, 0.6) is 0 Å². The standard InChI is InChI=1S/C10H14N4S/c11-9-12-10-14(13-9)8(6-15-10)7-4-2-1-3-5-7/h6-7H,1-5H2,(H2,11,13). The number of thiazole rings is 1. The average Bonchev–Trinajstić information content (AvgIpc) is 2.77. The first-order valence-electron chi connectivity index (χ1n) is 5.44. The number of nitrogens with two attached hydrogens (primary N) is 1. The van der Waals surface area contributed by atoms with Gasteiger partial charge in [0.1, 0.15) is 0 Å². The van der Waals surface area contributed by atoms with Crippen LogP contribution in [0.2, 0.25) is 0 Å². The molecular formula is C10H14N4S. The fourth-order valence-electron chi connectivity index (χ4n) is 2.39. The lowest BCUT2D eigenvalue weighted by Gasteiger charge is -2.20. The van der Waals surface area contributed by atoms with Crippen molar-refractivity contribution >= 4 is 22.2 Å². The van der Waals surface area contributed by atoms with Gasteiger partial charge in [0.15, 0.2) is 0 Å². The molecule has 0 aromatic carbocycles. The van der Waals surface area contributed by atoms with Crippen LogP contribution in [0.4, 0.5) is 5.95 Å². The second-order valence-corrected chi connectivity index (χ2v) is 5.00. The molecule has 1 aliphatic carbocycles. The zero-order valence-corrected chi connectivity index (χ0v) is 9.33. The summed E-state index contributed by atoms with van der Waals surface area (Å²) in [6.45, 7) is 0. The van der Waals surface area contributed by atoms with Gasteiger partial charge in [0.25, 0.3) is 0 Å². The van der Waals surface area contributed by atoms with Crippen LogP contribution in [0.3, 0.4) is 0 Å². The van der Waals surface area contributed by atoms with E-state index >= 15 is 0 Å². The largest absolute Gasteiger partial charge is 0.366 e. The second kappa shape index (κ2) is 3.48. The van der Waals surface area contributed by atoms with E-state index in [0.717, 1.165) is 4.96 Å². The van der Waals surface area contributed by atoms with E-state index in [9.17, 15) is 0 Å². The fourth-order valence-corrected chi connectivity index (χ4v) is 3.30. The molecule has 2 aromatic rings. The quantitative estimate of drug-likeness (QED) is 0.806. The molecule has 1 aliphatic rings. The molecule has 2 N–H and O–H groups in total. The second-order valence-electron chi connectivity index (χ2n) is 4.16. The Hall–Kier alpha value is -1.10. The first-order valence-corrected chi connectivity index (χ1v) is 6.32. The summed E-state index contributed by atoms with van der Waals surface area (Å²) in [5, 5.41) is 6.43. The van der Waals surface area contributed by atoms with E-state index in [4.69, 9.17) is 5.73 Å². The molecule has 0 saturated heterocycles. The molecule has 0 spiro atoms. The van der Waals surface area contributed by atoms with Gasteiger partial charge >= 0.3 is 0 Å². The number of fused-ring (bicyclic) bond motifs is 1. The Kier molecular flexibility index (Phi) is 2.12. The number of nitrogen functional groups attached to an aromatic ring is 1. The summed E-state index contributed by atoms with van der Waals surface area (Å²) in [6, 6.07) is 0. The zero-order valence-electron chi connectivity index (χ0n) is 8.52. The Balaban J connectivity index is 2.01. The summed E-state index contributed by atoms with van der Waals surface area (Å²) in [5.41, 5.74) is 6.90. The molecule has 0 amide bonds. The number of nitrogens with zero attached hydrogens (tertiary/aromatic N) is 3. The third-order valence-corrected chi connectivity index (χ3v) is 3.98. The number of anilines is 1. The third-order valence-electron chi connectivity index (χ3n) is 3.15. The molecule has 0 aliphatic heterocycles. The van der Waals surface area contributed by atoms with Gasteiger partial charge in [-0.3, -0.25) is 0 Å². The average molecular weight is 222 g/mol. The van der Waals surface area contributed by atoms with Crippen molar-refractivity contribution in [1.82, 2.24) is 14.6 Å². The van der Waals surface area contributed by atoms with Crippen molar-refractivity contribution in [2.75, 3.05) is 5.73 Å². The van der Waals surface area contributed by atoms with Crippen LogP contribution in [0, 0.1) is 0 Å². The van der Waals surface area contributed by atoms with E-state index < -0.39 is 0 Å². The highest BCUT2D eigenvalue weighted by molar-refractivity contribution is 7.15. The van der Waals surface area contributed by atoms with Crippen LogP contribution < -0.4 is 5.73 Å². The Morgan fingerprint density at radius 2 is 2.13 bits per heavy atom. The zero-order chi connectivity index (χ0) is 10.3. The summed E-state index contributed by atoms with van der Waals surface area (Å²) in [7, 11) is 0. The smallest absolute Gasteiger partial charge is 0.241 e. The summed E-state index contributed by atoms with van der Waals surface area (Å²) < 4.78 is 1.93. The molecule has 5 heteroatoms. The van der Waals surface area contributed by atoms with Gasteiger partial charge in [-0.25, -0.2) is 4.52 Å². The van der Waals surface area contributed by atoms with Crippen molar-refractivity contribution in [3.63, 3.8) is 0 Å². The third kappa shape index (κ3) is 1.51. The number of hydrogen-bond acceptors (Lipinski definition) is 4. The molecular weight excluding hydrogens is 208 g/mol. The van der Waals surface area contributed by atoms with E-state index in [1.807, 2.05) is 4.52 Å². The van der Waals surface area contributed by atoms with Crippen molar-refractivity contribution in [3.8, 4) is 0 Å². The summed E-state index contributed by atoms with van der Waals surface area (Å²) in [6.07, 6.45) is 6.62. The number of aromatic nitrogens is 3. The van der Waals surface area contributed by atoms with Crippen LogP contribution in [0.15, 0.2) is 5.38 Å². The van der Waals surface area contributed by atoms with Gasteiger partial charge in [0, 0.05) is 11.3 Å². The lowest BCUT2D eigenvalue weighted by atomic mass is 9.87. The Labute approximate surface area is 92.1 Å². The molecule has 0 unspecified atom stereocenters. The maximum absolute atomic E-state index is 5.60. The summed E-state index contributed by atoms with van der Waals surface area (Å²) >= 11 is 1.64. The van der Waals surface area contributed by atoms with Crippen molar-refractivity contribution in [2.45, 2.75) is 38.0 Å². The van der Waals surface area contributed by atoms with Crippen LogP contribution in [0.1, 0.15) is 43.7 Å². The first-order chi connectivity index (χ1) is 7.34. The van der Waals surface area contributed by atoms with Crippen molar-refractivity contribution in [2.24, 2.45) is 0 Å². The highest BCUT2D eigenvalue weighted by Gasteiger charge is 2.20. The minimum atomic E-state index is 0.388. The van der Waals surface area contributed by atoms with Crippen LogP contribution in [0.25, 0.3) is 4.96 Å². The number of hydrogen-bond donors (Lipinski definition) is 1. The summed E-state index contributed by atoms with van der Waals surface area (Å²) in [5.74, 6) is 1.05. The minimum absolute atomic E-state index is 0.388. The lowest BCUT2D eigenvalue weighted by Crippen LogP contribution is -2.07. The van der Waals surface area contributed by atoms with E-state index in [2.05, 4.69) is 15.5 Å². The molecule has 4 nitrogen and oxygen atoms in total. The summed E-state index contributed by atoms with van der Waals surface area (Å²) in [4.78, 5) is 5.10. The molecule has 0 bridgehead atoms. The molecule has 2 heterocycles. The normalized spacial score (nSPS) is 18.7. The SMILES string of the molecule is Nc1nc2scc(C3CCCCC3)n2n1. The predicted octanol–water partition coefficient (Wildman–Crippen LogP) is 2.42. The van der Waals surface area contributed by atoms with Crippen LogP contribution in [-0.4, -0.2) is 14.6 Å². The van der Waals surface area contributed by atoms with Gasteiger partial charge in [-0.15, -0.1) is 16.4 Å². The molecule has 3 rings (SSSR count). The lowest BCUT2D eigenvalue weighted by molar-refractivity contribution is 0.432. The molecule has 1 fully saturated rings. The van der Waals surface area contributed by atoms with Gasteiger partial charge in [-0.1, -0.05) is 19.3 Å². The van der Waals surface area contributed by atoms with Crippen LogP contribution in [-0.2, 0) is 0 Å². The van der Waals surface area contributed by atoms with Gasteiger partial charge in [0.05, 0.1) is 5.69 Å². The van der Waals surface area contributed by atoms with E-state index in [1.165, 1.54) is 37.8 Å². The highest BCUT2D eigenvalue weighted by atomic mass is 32.1. The molecule has 0 atom stereocenters. The Bertz CT molecular complexity index is 467. The fraction of sp³-hybridized carbons (Fsp3) is 0.600. The van der Waals surface area contributed by atoms with Gasteiger partial charge in [0.2, 0.25) is 10.9 Å². The maximum atomic E-state index is 5.60. The van der Waals surface area contributed by atoms with Crippen molar-refractivity contribution < 1.29 is 0 Å². The molecule has 1 saturated carbocycles. The monoisotopic (exact) mass is 222 g/mol. The van der Waals surface area contributed by atoms with Crippen LogP contribution >= 0.6 is 11.3 Å². The molecule has 15 heavy (non-hydrogen) atoms. The minimum Gasteiger partial charge on any atom is -0.366 e. The topological polar surface area (TPSA) is 56.2 Å². The van der Waals surface area contributed by atoms with Gasteiger partial charge in [-0.2, -0.15) is 4.98 Å². The molecule has 80 valence electrons. The van der Waals surface area contributed by atoms with Gasteiger partial charge in [-0.05, 0) is 12.8 Å². The van der Waals surface area contributed by atoms with E-state index in [1.54, 1.807) is 11.3 Å². The highest BCUT2D eigenvalue weighted by Crippen LogP contribution is 2.34. The Morgan fingerprint density at radius 3 is 2.93 bits per heavy atom. The molecule has 0 radical (unpaired) electrons. The van der Waals surface area contributed by atoms with Crippen molar-refractivity contribution in [3.05, 3.63) is 11.1 Å². The maximum Gasteiger partial charge on any atom is 0.241 e. The first kappa shape index (κ1) is 9.15.